The predicted octanol–water partition coefficient (Wildman–Crippen LogP) is 2.95. The third-order valence-electron chi connectivity index (χ3n) is 2.09. The zero-order valence-electron chi connectivity index (χ0n) is 8.80. The van der Waals surface area contributed by atoms with E-state index in [9.17, 15) is 5.11 Å². The van der Waals surface area contributed by atoms with Crippen LogP contribution in [0.3, 0.4) is 0 Å². The van der Waals surface area contributed by atoms with Gasteiger partial charge in [-0.2, -0.15) is 5.26 Å². The number of benzene rings is 1. The fraction of sp³-hybridized carbons (Fsp3) is 0.364. The summed E-state index contributed by atoms with van der Waals surface area (Å²) < 4.78 is 0. The summed E-state index contributed by atoms with van der Waals surface area (Å²) in [5.74, 6) is -0.0417. The molecule has 0 saturated carbocycles. The highest BCUT2D eigenvalue weighted by atomic mass is 35.5. The van der Waals surface area contributed by atoms with Gasteiger partial charge in [-0.05, 0) is 19.1 Å². The Morgan fingerprint density at radius 2 is 2.19 bits per heavy atom. The van der Waals surface area contributed by atoms with Crippen LogP contribution in [-0.4, -0.2) is 11.7 Å². The molecule has 0 aliphatic heterocycles. The van der Waals surface area contributed by atoms with Crippen molar-refractivity contribution in [2.24, 2.45) is 5.92 Å². The lowest BCUT2D eigenvalue weighted by Crippen LogP contribution is -2.19. The molecular formula is C11H12Cl2N2O. The molecule has 0 heterocycles. The Morgan fingerprint density at radius 3 is 2.81 bits per heavy atom. The molecule has 1 atom stereocenters. The molecule has 0 radical (unpaired) electrons. The van der Waals surface area contributed by atoms with Crippen molar-refractivity contribution in [3.8, 4) is 11.8 Å². The summed E-state index contributed by atoms with van der Waals surface area (Å²) in [7, 11) is 0. The second-order valence-electron chi connectivity index (χ2n) is 3.56. The number of hydrogen-bond acceptors (Lipinski definition) is 3. The molecule has 86 valence electrons. The largest absolute Gasteiger partial charge is 0.506 e. The fourth-order valence-corrected chi connectivity index (χ4v) is 1.76. The number of nitriles is 1. The Hall–Kier alpha value is -0.950. The van der Waals surface area contributed by atoms with Crippen LogP contribution in [0.4, 0.5) is 0 Å². The van der Waals surface area contributed by atoms with Crippen LogP contribution in [0.2, 0.25) is 10.0 Å². The zero-order chi connectivity index (χ0) is 12.1. The first kappa shape index (κ1) is 13.1. The first-order valence-corrected chi connectivity index (χ1v) is 5.57. The Kier molecular flexibility index (Phi) is 4.88. The molecule has 5 heteroatoms. The lowest BCUT2D eigenvalue weighted by Gasteiger charge is -2.09. The van der Waals surface area contributed by atoms with Gasteiger partial charge in [-0.15, -0.1) is 0 Å². The van der Waals surface area contributed by atoms with E-state index >= 15 is 0 Å². The van der Waals surface area contributed by atoms with Gasteiger partial charge in [0.15, 0.2) is 0 Å². The smallest absolute Gasteiger partial charge is 0.138 e. The molecule has 16 heavy (non-hydrogen) atoms. The molecule has 2 N–H and O–H groups in total. The van der Waals surface area contributed by atoms with E-state index in [0.717, 1.165) is 0 Å². The summed E-state index contributed by atoms with van der Waals surface area (Å²) in [5.41, 5.74) is 0.627. The van der Waals surface area contributed by atoms with Crippen molar-refractivity contribution in [2.45, 2.75) is 13.5 Å². The number of rotatable bonds is 4. The Bertz CT molecular complexity index is 415. The van der Waals surface area contributed by atoms with Crippen LogP contribution in [0, 0.1) is 17.2 Å². The van der Waals surface area contributed by atoms with E-state index in [1.54, 1.807) is 6.07 Å². The van der Waals surface area contributed by atoms with Crippen molar-refractivity contribution in [2.75, 3.05) is 6.54 Å². The topological polar surface area (TPSA) is 56.0 Å². The summed E-state index contributed by atoms with van der Waals surface area (Å²) in [6, 6.07) is 5.24. The van der Waals surface area contributed by atoms with Crippen LogP contribution in [0.15, 0.2) is 12.1 Å². The first-order valence-electron chi connectivity index (χ1n) is 4.81. The van der Waals surface area contributed by atoms with E-state index in [-0.39, 0.29) is 16.7 Å². The maximum Gasteiger partial charge on any atom is 0.138 e. The number of nitrogens with zero attached hydrogens (tertiary/aromatic N) is 1. The van der Waals surface area contributed by atoms with E-state index < -0.39 is 0 Å². The number of phenols is 1. The van der Waals surface area contributed by atoms with Gasteiger partial charge < -0.3 is 10.4 Å². The van der Waals surface area contributed by atoms with Gasteiger partial charge in [-0.1, -0.05) is 23.2 Å². The third-order valence-corrected chi connectivity index (χ3v) is 2.60. The lowest BCUT2D eigenvalue weighted by atomic mass is 10.1. The van der Waals surface area contributed by atoms with Gasteiger partial charge in [-0.25, -0.2) is 0 Å². The molecule has 1 unspecified atom stereocenters. The van der Waals surface area contributed by atoms with Crippen molar-refractivity contribution in [3.05, 3.63) is 27.7 Å². The summed E-state index contributed by atoms with van der Waals surface area (Å²) in [6.45, 7) is 2.80. The highest BCUT2D eigenvalue weighted by Gasteiger charge is 2.08. The monoisotopic (exact) mass is 258 g/mol. The minimum Gasteiger partial charge on any atom is -0.506 e. The predicted molar refractivity (Wildman–Crippen MR) is 64.6 cm³/mol. The van der Waals surface area contributed by atoms with Crippen LogP contribution >= 0.6 is 23.2 Å². The number of aromatic hydroxyl groups is 1. The number of phenolic OH excluding ortho intramolecular Hbond substituents is 1. The average Bonchev–Trinajstić information content (AvgIpc) is 2.24. The molecule has 0 fully saturated rings. The number of halogens is 2. The van der Waals surface area contributed by atoms with Gasteiger partial charge in [0.1, 0.15) is 5.75 Å². The highest BCUT2D eigenvalue weighted by molar-refractivity contribution is 6.35. The molecule has 1 aromatic carbocycles. The van der Waals surface area contributed by atoms with Gasteiger partial charge >= 0.3 is 0 Å². The molecule has 0 spiro atoms. The van der Waals surface area contributed by atoms with E-state index in [4.69, 9.17) is 28.5 Å². The third kappa shape index (κ3) is 3.57. The molecule has 1 aromatic rings. The van der Waals surface area contributed by atoms with Gasteiger partial charge in [0.05, 0.1) is 17.0 Å². The first-order chi connectivity index (χ1) is 7.54. The fourth-order valence-electron chi connectivity index (χ4n) is 1.22. The van der Waals surface area contributed by atoms with Crippen LogP contribution in [0.5, 0.6) is 5.75 Å². The molecular weight excluding hydrogens is 247 g/mol. The summed E-state index contributed by atoms with van der Waals surface area (Å²) >= 11 is 11.6. The van der Waals surface area contributed by atoms with Gasteiger partial charge in [0, 0.05) is 23.7 Å². The second-order valence-corrected chi connectivity index (χ2v) is 4.40. The molecule has 0 aromatic heterocycles. The molecule has 0 bridgehead atoms. The molecule has 0 aliphatic rings. The minimum atomic E-state index is -0.0724. The Morgan fingerprint density at radius 1 is 1.50 bits per heavy atom. The van der Waals surface area contributed by atoms with Crippen LogP contribution < -0.4 is 5.32 Å². The zero-order valence-corrected chi connectivity index (χ0v) is 10.3. The van der Waals surface area contributed by atoms with Gasteiger partial charge in [0.2, 0.25) is 0 Å². The van der Waals surface area contributed by atoms with Gasteiger partial charge in [0.25, 0.3) is 0 Å². The van der Waals surface area contributed by atoms with E-state index in [0.29, 0.717) is 23.7 Å². The van der Waals surface area contributed by atoms with Crippen LogP contribution in [0.1, 0.15) is 12.5 Å². The lowest BCUT2D eigenvalue weighted by molar-refractivity contribution is 0.463. The Labute approximate surface area is 105 Å². The molecule has 3 nitrogen and oxygen atoms in total. The molecule has 1 rings (SSSR count). The maximum absolute atomic E-state index is 9.65. The molecule has 0 saturated heterocycles. The maximum atomic E-state index is 9.65. The van der Waals surface area contributed by atoms with E-state index in [2.05, 4.69) is 11.4 Å². The average molecular weight is 259 g/mol. The van der Waals surface area contributed by atoms with Crippen molar-refractivity contribution < 1.29 is 5.11 Å². The summed E-state index contributed by atoms with van der Waals surface area (Å²) in [6.07, 6.45) is 0. The number of nitrogens with one attached hydrogen (secondary N) is 1. The molecule has 0 aliphatic carbocycles. The van der Waals surface area contributed by atoms with E-state index in [1.807, 2.05) is 6.92 Å². The van der Waals surface area contributed by atoms with Crippen LogP contribution in [0.25, 0.3) is 0 Å². The Balaban J connectivity index is 2.64. The normalized spacial score (nSPS) is 12.1. The van der Waals surface area contributed by atoms with Crippen molar-refractivity contribution in [1.29, 1.82) is 5.26 Å². The van der Waals surface area contributed by atoms with Crippen molar-refractivity contribution >= 4 is 23.2 Å². The van der Waals surface area contributed by atoms with Crippen molar-refractivity contribution in [1.82, 2.24) is 5.32 Å². The summed E-state index contributed by atoms with van der Waals surface area (Å²) in [4.78, 5) is 0. The quantitative estimate of drug-likeness (QED) is 0.873. The minimum absolute atomic E-state index is 0.0307. The summed E-state index contributed by atoms with van der Waals surface area (Å²) in [5, 5.41) is 22.0. The standard InChI is InChI=1S/C11H12Cl2N2O/c1-7(4-14)5-15-6-8-2-9(12)3-10(13)11(8)16/h2-3,7,15-16H,5-6H2,1H3. The van der Waals surface area contributed by atoms with Crippen molar-refractivity contribution in [3.63, 3.8) is 0 Å². The number of hydrogen-bond donors (Lipinski definition) is 2. The van der Waals surface area contributed by atoms with Crippen LogP contribution in [-0.2, 0) is 6.54 Å². The van der Waals surface area contributed by atoms with E-state index in [1.165, 1.54) is 6.07 Å². The SMILES string of the molecule is CC(C#N)CNCc1cc(Cl)cc(Cl)c1O. The second kappa shape index (κ2) is 5.95. The molecule has 0 amide bonds. The van der Waals surface area contributed by atoms with Gasteiger partial charge in [-0.3, -0.25) is 0 Å². The highest BCUT2D eigenvalue weighted by Crippen LogP contribution is 2.30.